The average Bonchev–Trinajstić information content (AvgIpc) is 3.65. The van der Waals surface area contributed by atoms with Crippen LogP contribution in [0.25, 0.3) is 11.3 Å². The molecule has 0 radical (unpaired) electrons. The first-order valence-electron chi connectivity index (χ1n) is 14.0. The van der Waals surface area contributed by atoms with Crippen LogP contribution in [0.1, 0.15) is 41.5 Å². The van der Waals surface area contributed by atoms with Crippen LogP contribution in [0.2, 0.25) is 0 Å². The van der Waals surface area contributed by atoms with Crippen LogP contribution in [0.4, 0.5) is 16.2 Å². The van der Waals surface area contributed by atoms with Crippen molar-refractivity contribution in [1.29, 1.82) is 0 Å². The Bertz CT molecular complexity index is 1590. The van der Waals surface area contributed by atoms with Crippen LogP contribution in [-0.2, 0) is 14.8 Å². The fourth-order valence-electron chi connectivity index (χ4n) is 5.92. The Hall–Kier alpha value is -4.43. The zero-order valence-corrected chi connectivity index (χ0v) is 24.9. The van der Waals surface area contributed by atoms with Gasteiger partial charge in [0.15, 0.2) is 5.96 Å². The number of likely N-dealkylation sites (tertiary alicyclic amines) is 1. The van der Waals surface area contributed by atoms with Gasteiger partial charge in [0, 0.05) is 30.9 Å². The molecule has 3 heterocycles. The van der Waals surface area contributed by atoms with Crippen molar-refractivity contribution in [2.24, 2.45) is 28.3 Å². The lowest BCUT2D eigenvalue weighted by Crippen LogP contribution is -2.40. The highest BCUT2D eigenvalue weighted by molar-refractivity contribution is 7.88. The number of piperidine rings is 1. The smallest absolute Gasteiger partial charge is 0.411 e. The second-order valence-electron chi connectivity index (χ2n) is 10.9. The lowest BCUT2D eigenvalue weighted by atomic mass is 9.83. The van der Waals surface area contributed by atoms with Crippen LogP contribution in [0, 0.1) is 11.8 Å². The summed E-state index contributed by atoms with van der Waals surface area (Å²) in [4.78, 5) is 39.4. The summed E-state index contributed by atoms with van der Waals surface area (Å²) in [5, 5.41) is 2.63. The highest BCUT2D eigenvalue weighted by Crippen LogP contribution is 2.42. The molecule has 0 spiro atoms. The maximum absolute atomic E-state index is 13.9. The standard InChI is InChI=1S/C29H36N8O5S/c1-42-29(39)34-23-7-3-19(4-8-23)24-16-32-26(35-24)25-15-21(18-11-13-36(14-12-18)43(2,40)41)17-37(25)27(38)20-5-9-22(10-6-20)33-28(30)31/h3-10,16,18,21,25H,11-15,17H2,1-2H3,(H,32,35)(H,34,39)(H4,30,31,33)/t21?,25-/m0/s1. The maximum atomic E-state index is 13.9. The summed E-state index contributed by atoms with van der Waals surface area (Å²) in [7, 11) is -1.93. The minimum absolute atomic E-state index is 0.0635. The predicted molar refractivity (Wildman–Crippen MR) is 163 cm³/mol. The molecule has 3 aromatic rings. The Morgan fingerprint density at radius 2 is 1.72 bits per heavy atom. The normalized spacial score (nSPS) is 19.6. The summed E-state index contributed by atoms with van der Waals surface area (Å²) in [5.41, 5.74) is 14.3. The van der Waals surface area contributed by atoms with Gasteiger partial charge < -0.3 is 26.1 Å². The number of carbonyl (C=O) groups is 2. The lowest BCUT2D eigenvalue weighted by molar-refractivity contribution is 0.0720. The van der Waals surface area contributed by atoms with Crippen molar-refractivity contribution >= 4 is 39.4 Å². The third-order valence-electron chi connectivity index (χ3n) is 8.14. The number of sulfonamides is 1. The van der Waals surface area contributed by atoms with Gasteiger partial charge in [0.05, 0.1) is 37.0 Å². The first-order chi connectivity index (χ1) is 20.5. The van der Waals surface area contributed by atoms with Crippen molar-refractivity contribution in [1.82, 2.24) is 19.2 Å². The van der Waals surface area contributed by atoms with E-state index < -0.39 is 16.1 Å². The molecule has 2 amide bonds. The third-order valence-corrected chi connectivity index (χ3v) is 9.44. The number of anilines is 1. The number of hydrogen-bond acceptors (Lipinski definition) is 7. The number of aromatic nitrogens is 2. The van der Waals surface area contributed by atoms with Crippen LogP contribution in [0.15, 0.2) is 59.7 Å². The number of methoxy groups -OCH3 is 1. The Balaban J connectivity index is 1.38. The number of carbonyl (C=O) groups excluding carboxylic acids is 2. The number of benzene rings is 2. The van der Waals surface area contributed by atoms with E-state index in [0.29, 0.717) is 48.8 Å². The summed E-state index contributed by atoms with van der Waals surface area (Å²) in [5.74, 6) is 0.953. The van der Waals surface area contributed by atoms with E-state index in [1.807, 2.05) is 17.0 Å². The first-order valence-corrected chi connectivity index (χ1v) is 15.8. The topological polar surface area (TPSA) is 189 Å². The Morgan fingerprint density at radius 1 is 1.05 bits per heavy atom. The van der Waals surface area contributed by atoms with Gasteiger partial charge in [-0.3, -0.25) is 10.1 Å². The molecule has 6 N–H and O–H groups in total. The number of nitrogens with one attached hydrogen (secondary N) is 2. The number of rotatable bonds is 7. The van der Waals surface area contributed by atoms with Gasteiger partial charge in [0.1, 0.15) is 5.82 Å². The number of aromatic amines is 1. The minimum Gasteiger partial charge on any atom is -0.453 e. The number of imidazole rings is 1. The van der Waals surface area contributed by atoms with E-state index in [1.54, 1.807) is 42.6 Å². The molecule has 43 heavy (non-hydrogen) atoms. The Labute approximate surface area is 250 Å². The largest absolute Gasteiger partial charge is 0.453 e. The maximum Gasteiger partial charge on any atom is 0.411 e. The van der Waals surface area contributed by atoms with Gasteiger partial charge in [-0.1, -0.05) is 12.1 Å². The number of guanidine groups is 1. The van der Waals surface area contributed by atoms with Gasteiger partial charge in [0.25, 0.3) is 5.91 Å². The van der Waals surface area contributed by atoms with E-state index in [0.717, 1.165) is 24.1 Å². The summed E-state index contributed by atoms with van der Waals surface area (Å²) in [6.45, 7) is 1.50. The molecule has 0 bridgehead atoms. The monoisotopic (exact) mass is 608 g/mol. The fraction of sp³-hybridized carbons (Fsp3) is 0.379. The molecule has 14 heteroatoms. The number of amides is 2. The predicted octanol–water partition coefficient (Wildman–Crippen LogP) is 3.03. The molecular formula is C29H36N8O5S. The van der Waals surface area contributed by atoms with E-state index in [4.69, 9.17) is 11.5 Å². The number of ether oxygens (including phenoxy) is 1. The van der Waals surface area contributed by atoms with Crippen molar-refractivity contribution in [3.05, 3.63) is 66.1 Å². The van der Waals surface area contributed by atoms with E-state index >= 15 is 0 Å². The molecule has 1 unspecified atom stereocenters. The summed E-state index contributed by atoms with van der Waals surface area (Å²) < 4.78 is 30.3. The van der Waals surface area contributed by atoms with Gasteiger partial charge in [-0.2, -0.15) is 0 Å². The SMILES string of the molecule is COC(=O)Nc1ccc(-c2cnc([C@@H]3CC(C4CCN(S(C)(=O)=O)CC4)CN3C(=O)c3ccc(N=C(N)N)cc3)[nH]2)cc1. The summed E-state index contributed by atoms with van der Waals surface area (Å²) in [6, 6.07) is 13.8. The molecular weight excluding hydrogens is 572 g/mol. The lowest BCUT2D eigenvalue weighted by Gasteiger charge is -2.33. The van der Waals surface area contributed by atoms with Gasteiger partial charge >= 0.3 is 6.09 Å². The molecule has 2 fully saturated rings. The quantitative estimate of drug-likeness (QED) is 0.232. The molecule has 0 aliphatic carbocycles. The number of aliphatic imine (C=N–C) groups is 1. The molecule has 13 nitrogen and oxygen atoms in total. The molecule has 2 aromatic carbocycles. The van der Waals surface area contributed by atoms with Gasteiger partial charge in [-0.25, -0.2) is 27.5 Å². The average molecular weight is 609 g/mol. The van der Waals surface area contributed by atoms with Crippen molar-refractivity contribution in [3.63, 3.8) is 0 Å². The number of nitrogens with two attached hydrogens (primary N) is 2. The van der Waals surface area contributed by atoms with E-state index in [-0.39, 0.29) is 29.7 Å². The van der Waals surface area contributed by atoms with Crippen molar-refractivity contribution in [3.8, 4) is 11.3 Å². The molecule has 2 atom stereocenters. The van der Waals surface area contributed by atoms with Crippen LogP contribution in [-0.4, -0.2) is 78.6 Å². The number of hydrogen-bond donors (Lipinski definition) is 4. The second-order valence-corrected chi connectivity index (χ2v) is 12.9. The van der Waals surface area contributed by atoms with Crippen LogP contribution in [0.3, 0.4) is 0 Å². The van der Waals surface area contributed by atoms with Gasteiger partial charge in [0.2, 0.25) is 10.0 Å². The summed E-state index contributed by atoms with van der Waals surface area (Å²) in [6.07, 6.45) is 4.63. The van der Waals surface area contributed by atoms with Crippen LogP contribution >= 0.6 is 0 Å². The fourth-order valence-corrected chi connectivity index (χ4v) is 6.79. The zero-order chi connectivity index (χ0) is 30.7. The van der Waals surface area contributed by atoms with Gasteiger partial charge in [-0.15, -0.1) is 0 Å². The minimum atomic E-state index is -3.23. The van der Waals surface area contributed by atoms with Crippen LogP contribution < -0.4 is 16.8 Å². The molecule has 5 rings (SSSR count). The van der Waals surface area contributed by atoms with E-state index in [9.17, 15) is 18.0 Å². The summed E-state index contributed by atoms with van der Waals surface area (Å²) >= 11 is 0. The second kappa shape index (κ2) is 12.4. The van der Waals surface area contributed by atoms with E-state index in [2.05, 4.69) is 25.0 Å². The first kappa shape index (κ1) is 30.0. The third kappa shape index (κ3) is 6.97. The van der Waals surface area contributed by atoms with Crippen molar-refractivity contribution in [2.45, 2.75) is 25.3 Å². The molecule has 2 aliphatic rings. The van der Waals surface area contributed by atoms with Crippen molar-refractivity contribution < 1.29 is 22.7 Å². The molecule has 2 aliphatic heterocycles. The zero-order valence-electron chi connectivity index (χ0n) is 24.1. The van der Waals surface area contributed by atoms with E-state index in [1.165, 1.54) is 17.7 Å². The highest BCUT2D eigenvalue weighted by atomic mass is 32.2. The number of H-pyrrole nitrogens is 1. The molecule has 1 aromatic heterocycles. The van der Waals surface area contributed by atoms with Crippen molar-refractivity contribution in [2.75, 3.05) is 38.3 Å². The number of nitrogens with zero attached hydrogens (tertiary/aromatic N) is 4. The van der Waals surface area contributed by atoms with Crippen LogP contribution in [0.5, 0.6) is 0 Å². The van der Waals surface area contributed by atoms with Gasteiger partial charge in [-0.05, 0) is 73.1 Å². The molecule has 2 saturated heterocycles. The Morgan fingerprint density at radius 3 is 2.33 bits per heavy atom. The molecule has 228 valence electrons. The molecule has 0 saturated carbocycles. The Kier molecular flexibility index (Phi) is 8.69. The highest BCUT2D eigenvalue weighted by Gasteiger charge is 2.42.